The van der Waals surface area contributed by atoms with Crippen LogP contribution in [0.5, 0.6) is 0 Å². The van der Waals surface area contributed by atoms with Crippen LogP contribution < -0.4 is 0 Å². The summed E-state index contributed by atoms with van der Waals surface area (Å²) in [5.41, 5.74) is 0. The number of rotatable bonds is 4. The van der Waals surface area contributed by atoms with Crippen molar-refractivity contribution in [3.8, 4) is 0 Å². The van der Waals surface area contributed by atoms with Crippen molar-refractivity contribution in [2.75, 3.05) is 20.1 Å². The van der Waals surface area contributed by atoms with Gasteiger partial charge in [0.05, 0.1) is 0 Å². The van der Waals surface area contributed by atoms with Gasteiger partial charge in [-0.2, -0.15) is 0 Å². The quantitative estimate of drug-likeness (QED) is 0.701. The zero-order valence-electron chi connectivity index (χ0n) is 11.1. The van der Waals surface area contributed by atoms with Crippen LogP contribution in [0.2, 0.25) is 0 Å². The third kappa shape index (κ3) is 3.44. The maximum absolute atomic E-state index is 11.0. The van der Waals surface area contributed by atoms with Gasteiger partial charge in [-0.25, -0.2) is 0 Å². The molecule has 2 rings (SSSR count). The predicted molar refractivity (Wildman–Crippen MR) is 69.9 cm³/mol. The van der Waals surface area contributed by atoms with E-state index in [9.17, 15) is 4.79 Å². The van der Waals surface area contributed by atoms with Crippen LogP contribution in [0.3, 0.4) is 0 Å². The van der Waals surface area contributed by atoms with Gasteiger partial charge in [0.15, 0.2) is 0 Å². The molecule has 0 aromatic carbocycles. The topological polar surface area (TPSA) is 23.6 Å². The normalized spacial score (nSPS) is 27.4. The van der Waals surface area contributed by atoms with Gasteiger partial charge in [-0.1, -0.05) is 19.3 Å². The Morgan fingerprint density at radius 2 is 1.82 bits per heavy atom. The van der Waals surface area contributed by atoms with E-state index >= 15 is 0 Å². The summed E-state index contributed by atoms with van der Waals surface area (Å²) in [7, 11) is 2.24. The molecular weight excluding hydrogens is 212 g/mol. The van der Waals surface area contributed by atoms with E-state index in [2.05, 4.69) is 11.9 Å². The summed E-state index contributed by atoms with van der Waals surface area (Å²) in [6.45, 7) is 2.04. The maximum Gasteiger partial charge on any atom is 0.209 e. The van der Waals surface area contributed by atoms with Gasteiger partial charge in [-0.15, -0.1) is 0 Å². The third-order valence-electron chi connectivity index (χ3n) is 4.50. The summed E-state index contributed by atoms with van der Waals surface area (Å²) < 4.78 is 0. The van der Waals surface area contributed by atoms with Crippen LogP contribution >= 0.6 is 0 Å². The van der Waals surface area contributed by atoms with E-state index in [1.165, 1.54) is 51.4 Å². The lowest BCUT2D eigenvalue weighted by atomic mass is 9.93. The molecule has 0 N–H and O–H groups in total. The SMILES string of the molecule is CN(CC1CCCCN1C=O)C1CCCCC1. The van der Waals surface area contributed by atoms with Crippen molar-refractivity contribution in [1.29, 1.82) is 0 Å². The van der Waals surface area contributed by atoms with Crippen LogP contribution in [-0.4, -0.2) is 48.4 Å². The summed E-state index contributed by atoms with van der Waals surface area (Å²) in [6.07, 6.45) is 11.6. The largest absolute Gasteiger partial charge is 0.341 e. The van der Waals surface area contributed by atoms with E-state index in [1.807, 2.05) is 4.90 Å². The molecule has 3 nitrogen and oxygen atoms in total. The first kappa shape index (κ1) is 12.9. The molecular formula is C14H26N2O. The minimum Gasteiger partial charge on any atom is -0.341 e. The second kappa shape index (κ2) is 6.39. The fourth-order valence-corrected chi connectivity index (χ4v) is 3.36. The molecule has 1 unspecified atom stereocenters. The second-order valence-electron chi connectivity index (χ2n) is 5.72. The van der Waals surface area contributed by atoms with E-state index in [0.29, 0.717) is 6.04 Å². The Morgan fingerprint density at radius 1 is 1.12 bits per heavy atom. The molecule has 1 saturated carbocycles. The summed E-state index contributed by atoms with van der Waals surface area (Å²) in [6, 6.07) is 1.23. The zero-order valence-corrected chi connectivity index (χ0v) is 11.1. The molecule has 2 aliphatic rings. The minimum absolute atomic E-state index is 0.466. The van der Waals surface area contributed by atoms with Gasteiger partial charge in [0.25, 0.3) is 0 Å². The Kier molecular flexibility index (Phi) is 4.84. The minimum atomic E-state index is 0.466. The Hall–Kier alpha value is -0.570. The van der Waals surface area contributed by atoms with Crippen molar-refractivity contribution >= 4 is 6.41 Å². The number of nitrogens with zero attached hydrogens (tertiary/aromatic N) is 2. The monoisotopic (exact) mass is 238 g/mol. The van der Waals surface area contributed by atoms with Gasteiger partial charge >= 0.3 is 0 Å². The molecule has 1 heterocycles. The number of hydrogen-bond donors (Lipinski definition) is 0. The molecule has 1 amide bonds. The third-order valence-corrected chi connectivity index (χ3v) is 4.50. The summed E-state index contributed by atoms with van der Waals surface area (Å²) in [5, 5.41) is 0. The van der Waals surface area contributed by atoms with Crippen LogP contribution in [0.4, 0.5) is 0 Å². The molecule has 3 heteroatoms. The number of carbonyl (C=O) groups is 1. The number of piperidine rings is 1. The van der Waals surface area contributed by atoms with Gasteiger partial charge in [0.2, 0.25) is 6.41 Å². The van der Waals surface area contributed by atoms with E-state index in [-0.39, 0.29) is 0 Å². The van der Waals surface area contributed by atoms with Crippen molar-refractivity contribution in [1.82, 2.24) is 9.80 Å². The molecule has 1 saturated heterocycles. The smallest absolute Gasteiger partial charge is 0.209 e. The molecule has 1 atom stereocenters. The van der Waals surface area contributed by atoms with Crippen molar-refractivity contribution in [3.63, 3.8) is 0 Å². The molecule has 0 spiro atoms. The standard InChI is InChI=1S/C14H26N2O/c1-15(13-7-3-2-4-8-13)11-14-9-5-6-10-16(14)12-17/h12-14H,2-11H2,1H3. The Morgan fingerprint density at radius 3 is 2.53 bits per heavy atom. The van der Waals surface area contributed by atoms with Crippen molar-refractivity contribution in [3.05, 3.63) is 0 Å². The van der Waals surface area contributed by atoms with Gasteiger partial charge < -0.3 is 9.80 Å². The molecule has 0 aromatic heterocycles. The molecule has 1 aliphatic heterocycles. The first-order valence-electron chi connectivity index (χ1n) is 7.22. The highest BCUT2D eigenvalue weighted by Gasteiger charge is 2.25. The Labute approximate surface area is 105 Å². The van der Waals surface area contributed by atoms with Crippen molar-refractivity contribution in [2.45, 2.75) is 63.5 Å². The number of likely N-dealkylation sites (tertiary alicyclic amines) is 1. The lowest BCUT2D eigenvalue weighted by molar-refractivity contribution is -0.121. The van der Waals surface area contributed by atoms with E-state index < -0.39 is 0 Å². The molecule has 0 aromatic rings. The molecule has 0 bridgehead atoms. The maximum atomic E-state index is 11.0. The average molecular weight is 238 g/mol. The molecule has 98 valence electrons. The van der Waals surface area contributed by atoms with E-state index in [1.54, 1.807) is 0 Å². The fourth-order valence-electron chi connectivity index (χ4n) is 3.36. The lowest BCUT2D eigenvalue weighted by Gasteiger charge is -2.39. The van der Waals surface area contributed by atoms with E-state index in [4.69, 9.17) is 0 Å². The number of carbonyl (C=O) groups excluding carboxylic acids is 1. The fraction of sp³-hybridized carbons (Fsp3) is 0.929. The van der Waals surface area contributed by atoms with Crippen LogP contribution in [0.25, 0.3) is 0 Å². The molecule has 2 fully saturated rings. The number of amides is 1. The predicted octanol–water partition coefficient (Wildman–Crippen LogP) is 2.26. The number of likely N-dealkylation sites (N-methyl/N-ethyl adjacent to an activating group) is 1. The first-order chi connectivity index (χ1) is 8.31. The van der Waals surface area contributed by atoms with Crippen LogP contribution in [0, 0.1) is 0 Å². The van der Waals surface area contributed by atoms with Crippen LogP contribution in [0.15, 0.2) is 0 Å². The van der Waals surface area contributed by atoms with Crippen LogP contribution in [0.1, 0.15) is 51.4 Å². The molecule has 1 aliphatic carbocycles. The highest BCUT2D eigenvalue weighted by atomic mass is 16.1. The lowest BCUT2D eigenvalue weighted by Crippen LogP contribution is -2.47. The highest BCUT2D eigenvalue weighted by Crippen LogP contribution is 2.23. The Balaban J connectivity index is 1.83. The van der Waals surface area contributed by atoms with Gasteiger partial charge in [-0.3, -0.25) is 4.79 Å². The van der Waals surface area contributed by atoms with Crippen molar-refractivity contribution < 1.29 is 4.79 Å². The summed E-state index contributed by atoms with van der Waals surface area (Å²) in [5.74, 6) is 0. The second-order valence-corrected chi connectivity index (χ2v) is 5.72. The van der Waals surface area contributed by atoms with Gasteiger partial charge in [0, 0.05) is 25.2 Å². The van der Waals surface area contributed by atoms with Gasteiger partial charge in [0.1, 0.15) is 0 Å². The van der Waals surface area contributed by atoms with Crippen LogP contribution in [-0.2, 0) is 4.79 Å². The van der Waals surface area contributed by atoms with E-state index in [0.717, 1.165) is 25.5 Å². The zero-order chi connectivity index (χ0) is 12.1. The highest BCUT2D eigenvalue weighted by molar-refractivity contribution is 5.48. The van der Waals surface area contributed by atoms with Crippen molar-refractivity contribution in [2.24, 2.45) is 0 Å². The number of hydrogen-bond acceptors (Lipinski definition) is 2. The first-order valence-corrected chi connectivity index (χ1v) is 7.22. The Bertz CT molecular complexity index is 238. The van der Waals surface area contributed by atoms with Gasteiger partial charge in [-0.05, 0) is 39.2 Å². The molecule has 0 radical (unpaired) electrons. The summed E-state index contributed by atoms with van der Waals surface area (Å²) in [4.78, 5) is 15.6. The summed E-state index contributed by atoms with van der Waals surface area (Å²) >= 11 is 0. The molecule has 17 heavy (non-hydrogen) atoms. The average Bonchev–Trinajstić information content (AvgIpc) is 2.40.